The Kier molecular flexibility index (Phi) is 24.5. The minimum absolute atomic E-state index is 0.0130. The second-order valence-corrected chi connectivity index (χ2v) is 8.61. The molecule has 35 heavy (non-hydrogen) atoms. The standard InChI is InChI=1S/C26H47NO8/c1-2-24(29)11-6-8-14-32-16-18-34-19-17-33-15-9-7-13-26(31)22-35-21-25(30)12-5-3-4-10-23(27)20-28/h20,23H,2-19,21-22,27H2,1H3/t23-/m0/s1. The van der Waals surface area contributed by atoms with E-state index in [9.17, 15) is 19.2 Å². The Bertz CT molecular complexity index is 555. The quantitative estimate of drug-likeness (QED) is 0.127. The van der Waals surface area contributed by atoms with Crippen molar-refractivity contribution >= 4 is 23.6 Å². The van der Waals surface area contributed by atoms with Gasteiger partial charge in [-0.15, -0.1) is 0 Å². The number of hydrogen-bond acceptors (Lipinski definition) is 9. The Balaban J connectivity index is 3.31. The molecule has 0 saturated heterocycles. The second kappa shape index (κ2) is 25.6. The van der Waals surface area contributed by atoms with Crippen molar-refractivity contribution in [2.45, 2.75) is 90.0 Å². The van der Waals surface area contributed by atoms with Gasteiger partial charge >= 0.3 is 0 Å². The number of carbonyl (C=O) groups is 4. The molecule has 0 fully saturated rings. The first kappa shape index (κ1) is 33.5. The summed E-state index contributed by atoms with van der Waals surface area (Å²) in [6, 6.07) is -0.414. The average molecular weight is 502 g/mol. The van der Waals surface area contributed by atoms with E-state index in [1.807, 2.05) is 6.92 Å². The van der Waals surface area contributed by atoms with Crippen molar-refractivity contribution in [1.29, 1.82) is 0 Å². The SMILES string of the molecule is CCC(=O)CCCCOCCOCCOCCCCC(=O)COCC(=O)CCCCC[C@H](N)C=O. The third-order valence-electron chi connectivity index (χ3n) is 5.32. The molecule has 0 unspecified atom stereocenters. The number of Topliss-reactive ketones (excluding diaryl/α,β-unsaturated/α-hetero) is 3. The second-order valence-electron chi connectivity index (χ2n) is 8.61. The topological polar surface area (TPSA) is 131 Å². The zero-order chi connectivity index (χ0) is 26.0. The van der Waals surface area contributed by atoms with Gasteiger partial charge in [0.1, 0.15) is 25.3 Å². The van der Waals surface area contributed by atoms with Crippen LogP contribution in [0.5, 0.6) is 0 Å². The van der Waals surface area contributed by atoms with Crippen LogP contribution in [0.4, 0.5) is 0 Å². The molecule has 9 nitrogen and oxygen atoms in total. The first-order valence-corrected chi connectivity index (χ1v) is 13.1. The highest BCUT2D eigenvalue weighted by Gasteiger charge is 2.07. The van der Waals surface area contributed by atoms with E-state index < -0.39 is 6.04 Å². The number of carbonyl (C=O) groups excluding carboxylic acids is 4. The van der Waals surface area contributed by atoms with Crippen LogP contribution >= 0.6 is 0 Å². The molecule has 0 spiro atoms. The van der Waals surface area contributed by atoms with Gasteiger partial charge in [0, 0.05) is 38.9 Å². The molecule has 0 radical (unpaired) electrons. The van der Waals surface area contributed by atoms with Crippen LogP contribution in [0.15, 0.2) is 0 Å². The maximum Gasteiger partial charge on any atom is 0.158 e. The van der Waals surface area contributed by atoms with E-state index in [1.54, 1.807) is 0 Å². The van der Waals surface area contributed by atoms with Gasteiger partial charge < -0.3 is 29.5 Å². The molecule has 0 aromatic heterocycles. The minimum Gasteiger partial charge on any atom is -0.379 e. The molecule has 9 heteroatoms. The maximum atomic E-state index is 11.8. The number of ether oxygens (including phenoxy) is 4. The third-order valence-corrected chi connectivity index (χ3v) is 5.32. The van der Waals surface area contributed by atoms with E-state index in [0.29, 0.717) is 77.5 Å². The summed E-state index contributed by atoms with van der Waals surface area (Å²) in [5.74, 6) is 0.275. The van der Waals surface area contributed by atoms with Crippen molar-refractivity contribution in [3.8, 4) is 0 Å². The van der Waals surface area contributed by atoms with Crippen molar-refractivity contribution in [1.82, 2.24) is 0 Å². The highest BCUT2D eigenvalue weighted by molar-refractivity contribution is 5.81. The predicted octanol–water partition coefficient (Wildman–Crippen LogP) is 2.99. The summed E-state index contributed by atoms with van der Waals surface area (Å²) in [6.45, 7) is 5.09. The fraction of sp³-hybridized carbons (Fsp3) is 0.846. The molecule has 2 N–H and O–H groups in total. The van der Waals surface area contributed by atoms with Gasteiger partial charge in [0.15, 0.2) is 11.6 Å². The zero-order valence-corrected chi connectivity index (χ0v) is 21.6. The normalized spacial score (nSPS) is 11.9. The number of hydrogen-bond donors (Lipinski definition) is 1. The Morgan fingerprint density at radius 1 is 0.629 bits per heavy atom. The number of nitrogens with two attached hydrogens (primary N) is 1. The van der Waals surface area contributed by atoms with Crippen LogP contribution in [0.2, 0.25) is 0 Å². The first-order chi connectivity index (χ1) is 17.0. The summed E-state index contributed by atoms with van der Waals surface area (Å²) in [4.78, 5) is 45.1. The van der Waals surface area contributed by atoms with Crippen LogP contribution in [-0.2, 0) is 38.1 Å². The number of ketones is 3. The molecular formula is C26H47NO8. The lowest BCUT2D eigenvalue weighted by Crippen LogP contribution is -2.20. The lowest BCUT2D eigenvalue weighted by Gasteiger charge is -2.07. The van der Waals surface area contributed by atoms with Crippen LogP contribution in [0.1, 0.15) is 84.0 Å². The van der Waals surface area contributed by atoms with Crippen LogP contribution in [0.3, 0.4) is 0 Å². The van der Waals surface area contributed by atoms with Gasteiger partial charge in [-0.05, 0) is 38.5 Å². The van der Waals surface area contributed by atoms with Gasteiger partial charge in [0.25, 0.3) is 0 Å². The first-order valence-electron chi connectivity index (χ1n) is 13.1. The van der Waals surface area contributed by atoms with E-state index in [2.05, 4.69) is 0 Å². The lowest BCUT2D eigenvalue weighted by atomic mass is 10.1. The monoisotopic (exact) mass is 501 g/mol. The Morgan fingerprint density at radius 3 is 1.57 bits per heavy atom. The molecule has 204 valence electrons. The van der Waals surface area contributed by atoms with Crippen molar-refractivity contribution < 1.29 is 38.1 Å². The molecule has 0 amide bonds. The van der Waals surface area contributed by atoms with Gasteiger partial charge in [0.05, 0.1) is 32.5 Å². The van der Waals surface area contributed by atoms with Crippen LogP contribution in [0.25, 0.3) is 0 Å². The van der Waals surface area contributed by atoms with Crippen molar-refractivity contribution in [3.05, 3.63) is 0 Å². The van der Waals surface area contributed by atoms with Gasteiger partial charge in [-0.1, -0.05) is 19.8 Å². The number of aldehydes is 1. The maximum absolute atomic E-state index is 11.8. The number of rotatable bonds is 28. The van der Waals surface area contributed by atoms with Crippen molar-refractivity contribution in [3.63, 3.8) is 0 Å². The third kappa shape index (κ3) is 25.4. The van der Waals surface area contributed by atoms with E-state index in [0.717, 1.165) is 51.2 Å². The highest BCUT2D eigenvalue weighted by atomic mass is 16.5. The summed E-state index contributed by atoms with van der Waals surface area (Å²) < 4.78 is 21.6. The van der Waals surface area contributed by atoms with Gasteiger partial charge in [-0.3, -0.25) is 14.4 Å². The van der Waals surface area contributed by atoms with Crippen LogP contribution in [-0.4, -0.2) is 82.5 Å². The molecule has 0 bridgehead atoms. The molecule has 0 saturated carbocycles. The van der Waals surface area contributed by atoms with Crippen molar-refractivity contribution in [2.24, 2.45) is 5.73 Å². The predicted molar refractivity (Wildman–Crippen MR) is 133 cm³/mol. The van der Waals surface area contributed by atoms with E-state index in [4.69, 9.17) is 24.7 Å². The van der Waals surface area contributed by atoms with Crippen molar-refractivity contribution in [2.75, 3.05) is 52.9 Å². The molecule has 0 aliphatic carbocycles. The van der Waals surface area contributed by atoms with E-state index in [-0.39, 0.29) is 24.8 Å². The van der Waals surface area contributed by atoms with Crippen LogP contribution < -0.4 is 5.73 Å². The molecular weight excluding hydrogens is 454 g/mol. The van der Waals surface area contributed by atoms with Gasteiger partial charge in [-0.25, -0.2) is 0 Å². The molecule has 0 rings (SSSR count). The molecule has 0 heterocycles. The summed E-state index contributed by atoms with van der Waals surface area (Å²) in [6.07, 6.45) is 9.13. The van der Waals surface area contributed by atoms with Crippen LogP contribution in [0, 0.1) is 0 Å². The Hall–Kier alpha value is -1.52. The summed E-state index contributed by atoms with van der Waals surface area (Å²) >= 11 is 0. The molecule has 1 atom stereocenters. The van der Waals surface area contributed by atoms with E-state index >= 15 is 0 Å². The Morgan fingerprint density at radius 2 is 1.09 bits per heavy atom. The van der Waals surface area contributed by atoms with E-state index in [1.165, 1.54) is 0 Å². The summed E-state index contributed by atoms with van der Waals surface area (Å²) in [5.41, 5.74) is 5.51. The summed E-state index contributed by atoms with van der Waals surface area (Å²) in [7, 11) is 0. The zero-order valence-electron chi connectivity index (χ0n) is 21.6. The minimum atomic E-state index is -0.414. The van der Waals surface area contributed by atoms with Gasteiger partial charge in [-0.2, -0.15) is 0 Å². The lowest BCUT2D eigenvalue weighted by molar-refractivity contribution is -0.129. The fourth-order valence-corrected chi connectivity index (χ4v) is 3.14. The average Bonchev–Trinajstić information content (AvgIpc) is 2.85. The molecule has 0 aliphatic heterocycles. The largest absolute Gasteiger partial charge is 0.379 e. The molecule has 0 aromatic carbocycles. The molecule has 0 aromatic rings. The summed E-state index contributed by atoms with van der Waals surface area (Å²) in [5, 5.41) is 0. The highest BCUT2D eigenvalue weighted by Crippen LogP contribution is 2.05. The smallest absolute Gasteiger partial charge is 0.158 e. The van der Waals surface area contributed by atoms with Gasteiger partial charge in [0.2, 0.25) is 0 Å². The fourth-order valence-electron chi connectivity index (χ4n) is 3.14. The molecule has 0 aliphatic rings. The number of unbranched alkanes of at least 4 members (excludes halogenated alkanes) is 4. The Labute approximate surface area is 210 Å².